The molecule has 0 unspecified atom stereocenters. The minimum atomic E-state index is -0.134. The maximum absolute atomic E-state index is 10.8. The molecule has 2 atom stereocenters. The summed E-state index contributed by atoms with van der Waals surface area (Å²) >= 11 is 0. The zero-order valence-corrected chi connectivity index (χ0v) is 27.8. The number of hydrogen-bond acceptors (Lipinski definition) is 6. The number of phenolic OH excluding ortho intramolecular Hbond substituents is 1. The molecule has 5 aromatic rings. The Labute approximate surface area is 277 Å². The van der Waals surface area contributed by atoms with E-state index in [1.165, 1.54) is 11.1 Å². The van der Waals surface area contributed by atoms with E-state index in [4.69, 9.17) is 16.3 Å². The number of aromatic nitrogens is 2. The average Bonchev–Trinajstić information content (AvgIpc) is 3.41. The molecule has 0 fully saturated rings. The molecule has 1 aromatic heterocycles. The van der Waals surface area contributed by atoms with Gasteiger partial charge in [-0.05, 0) is 59.2 Å². The first-order chi connectivity index (χ1) is 21.2. The minimum absolute atomic E-state index is 0. The second-order valence-electron chi connectivity index (χ2n) is 12.6. The summed E-state index contributed by atoms with van der Waals surface area (Å²) in [6.07, 6.45) is 3.52. The molecule has 0 amide bonds. The summed E-state index contributed by atoms with van der Waals surface area (Å²) in [7, 11) is 0. The predicted octanol–water partition coefficient (Wildman–Crippen LogP) is 8.41. The number of rotatable bonds is 4. The number of aliphatic imine (C=N–C) groups is 1. The summed E-state index contributed by atoms with van der Waals surface area (Å²) in [5.41, 5.74) is 7.84. The number of hydrogen-bond donors (Lipinski definition) is 1. The fourth-order valence-electron chi connectivity index (χ4n) is 6.23. The van der Waals surface area contributed by atoms with Crippen LogP contribution in [0.5, 0.6) is 17.4 Å². The average molecular weight is 774 g/mol. The van der Waals surface area contributed by atoms with Gasteiger partial charge in [0, 0.05) is 32.5 Å². The number of ether oxygens (including phenoxy) is 1. The van der Waals surface area contributed by atoms with Crippen LogP contribution >= 0.6 is 0 Å². The number of aromatic hydroxyl groups is 1. The Hall–Kier alpha value is -4.53. The molecule has 1 N–H and O–H groups in total. The van der Waals surface area contributed by atoms with Gasteiger partial charge in [0.2, 0.25) is 5.88 Å². The van der Waals surface area contributed by atoms with Gasteiger partial charge in [0.25, 0.3) is 0 Å². The molecule has 1 aliphatic heterocycles. The van der Waals surface area contributed by atoms with Crippen molar-refractivity contribution < 1.29 is 30.9 Å². The van der Waals surface area contributed by atoms with Gasteiger partial charge in [-0.25, -0.2) is 14.8 Å². The largest absolute Gasteiger partial charge is 0.506 e. The summed E-state index contributed by atoms with van der Waals surface area (Å²) in [6.45, 7) is 15.7. The number of fused-ring (bicyclic) bond motifs is 4. The van der Waals surface area contributed by atoms with E-state index in [1.54, 1.807) is 12.3 Å². The molecule has 45 heavy (non-hydrogen) atoms. The van der Waals surface area contributed by atoms with E-state index >= 15 is 0 Å². The van der Waals surface area contributed by atoms with E-state index in [2.05, 4.69) is 76.9 Å². The van der Waals surface area contributed by atoms with Crippen LogP contribution in [0, 0.1) is 19.6 Å². The molecule has 2 heterocycles. The molecule has 7 rings (SSSR count). The van der Waals surface area contributed by atoms with Gasteiger partial charge >= 0.3 is 0 Å². The van der Waals surface area contributed by atoms with Crippen LogP contribution in [0.15, 0.2) is 84.0 Å². The monoisotopic (exact) mass is 773 g/mol. The Morgan fingerprint density at radius 3 is 2.58 bits per heavy atom. The standard InChI is InChI=1S/C37H32N5O2.Pt/c1-22-16-24(18-28(17-22)44-33-21-39-30-19-25(37(2,3)4)20-32(43)35(30)40-33)36-41-34-29-9-7-6-8-23(29)10-15-31(34)42(36)27-13-11-26(38-5)12-14-27;/h6-9,11-14,16-17,19-21,31,34,43H,10,15H2,1-4H3;/q-1;/t31-,34-;/m0./s1. The quantitative estimate of drug-likeness (QED) is 0.186. The van der Waals surface area contributed by atoms with Crippen LogP contribution < -0.4 is 9.64 Å². The normalized spacial score (nSPS) is 17.1. The summed E-state index contributed by atoms with van der Waals surface area (Å²) in [5, 5.41) is 10.8. The second kappa shape index (κ2) is 11.8. The molecule has 7 nitrogen and oxygen atoms in total. The third-order valence-electron chi connectivity index (χ3n) is 8.44. The van der Waals surface area contributed by atoms with Crippen LogP contribution in [0.25, 0.3) is 15.9 Å². The smallest absolute Gasteiger partial charge is 0.236 e. The molecular weight excluding hydrogens is 742 g/mol. The summed E-state index contributed by atoms with van der Waals surface area (Å²) in [5.74, 6) is 1.65. The molecule has 0 saturated carbocycles. The molecule has 4 aromatic carbocycles. The zero-order chi connectivity index (χ0) is 30.6. The fraction of sp³-hybridized carbons (Fsp3) is 0.243. The Kier molecular flexibility index (Phi) is 7.97. The Morgan fingerprint density at radius 2 is 1.82 bits per heavy atom. The van der Waals surface area contributed by atoms with Gasteiger partial charge in [-0.2, -0.15) is 0 Å². The molecule has 1 aliphatic carbocycles. The maximum atomic E-state index is 10.8. The van der Waals surface area contributed by atoms with E-state index in [9.17, 15) is 5.11 Å². The minimum Gasteiger partial charge on any atom is -0.506 e. The molecule has 0 saturated heterocycles. The van der Waals surface area contributed by atoms with Crippen molar-refractivity contribution in [2.45, 2.75) is 58.0 Å². The van der Waals surface area contributed by atoms with E-state index in [1.807, 2.05) is 43.3 Å². The van der Waals surface area contributed by atoms with Crippen LogP contribution in [0.1, 0.15) is 61.1 Å². The fourth-order valence-corrected chi connectivity index (χ4v) is 6.23. The van der Waals surface area contributed by atoms with E-state index in [0.29, 0.717) is 22.5 Å². The van der Waals surface area contributed by atoms with Gasteiger partial charge in [0.1, 0.15) is 11.3 Å². The third-order valence-corrected chi connectivity index (χ3v) is 8.44. The number of anilines is 1. The van der Waals surface area contributed by atoms with Crippen molar-refractivity contribution in [1.82, 2.24) is 9.97 Å². The van der Waals surface area contributed by atoms with Gasteiger partial charge in [0.15, 0.2) is 5.69 Å². The summed E-state index contributed by atoms with van der Waals surface area (Å²) < 4.78 is 6.22. The molecular formula is C37H32N5O2Pt-. The van der Waals surface area contributed by atoms with Crippen LogP contribution in [-0.4, -0.2) is 27.0 Å². The third kappa shape index (κ3) is 5.71. The van der Waals surface area contributed by atoms with Gasteiger partial charge < -0.3 is 19.7 Å². The predicted molar refractivity (Wildman–Crippen MR) is 173 cm³/mol. The number of phenols is 1. The first-order valence-corrected chi connectivity index (χ1v) is 14.8. The summed E-state index contributed by atoms with van der Waals surface area (Å²) in [6, 6.07) is 27.5. The van der Waals surface area contributed by atoms with Gasteiger partial charge in [-0.3, -0.25) is 0 Å². The van der Waals surface area contributed by atoms with Gasteiger partial charge in [-0.1, -0.05) is 76.2 Å². The Morgan fingerprint density at radius 1 is 1.04 bits per heavy atom. The van der Waals surface area contributed by atoms with Crippen molar-refractivity contribution >= 4 is 28.2 Å². The van der Waals surface area contributed by atoms with Crippen molar-refractivity contribution in [2.24, 2.45) is 4.99 Å². The zero-order valence-electron chi connectivity index (χ0n) is 25.5. The molecule has 0 spiro atoms. The SMILES string of the molecule is [C-]#[N+]c1ccc(N2C(c3[c-]c(Oc4cnc5cc(C(C)(C)C)cc(O)c5n4)cc(C)c3)=N[C@H]3c4ccccc4CC[C@@H]32)cc1.[Pt]. The van der Waals surface area contributed by atoms with Crippen LogP contribution in [0.3, 0.4) is 0 Å². The number of benzene rings is 4. The first kappa shape index (κ1) is 30.5. The Balaban J connectivity index is 0.00000357. The van der Waals surface area contributed by atoms with E-state index in [-0.39, 0.29) is 50.2 Å². The second-order valence-corrected chi connectivity index (χ2v) is 12.6. The van der Waals surface area contributed by atoms with Crippen molar-refractivity contribution in [1.29, 1.82) is 0 Å². The van der Waals surface area contributed by atoms with E-state index in [0.717, 1.165) is 41.1 Å². The van der Waals surface area contributed by atoms with Crippen molar-refractivity contribution in [3.63, 3.8) is 0 Å². The molecule has 8 heteroatoms. The van der Waals surface area contributed by atoms with Crippen LogP contribution in [0.4, 0.5) is 11.4 Å². The number of nitrogens with zero attached hydrogens (tertiary/aromatic N) is 5. The van der Waals surface area contributed by atoms with Crippen molar-refractivity contribution in [3.8, 4) is 17.4 Å². The molecule has 228 valence electrons. The first-order valence-electron chi connectivity index (χ1n) is 14.8. The molecule has 0 bridgehead atoms. The van der Waals surface area contributed by atoms with Crippen LogP contribution in [-0.2, 0) is 32.9 Å². The summed E-state index contributed by atoms with van der Waals surface area (Å²) in [4.78, 5) is 20.4. The van der Waals surface area contributed by atoms with Crippen LogP contribution in [0.2, 0.25) is 0 Å². The maximum Gasteiger partial charge on any atom is 0.236 e. The van der Waals surface area contributed by atoms with E-state index < -0.39 is 0 Å². The van der Waals surface area contributed by atoms with Crippen molar-refractivity contribution in [3.05, 3.63) is 124 Å². The van der Waals surface area contributed by atoms with Gasteiger partial charge in [0.05, 0.1) is 36.2 Å². The molecule has 2 aliphatic rings. The Bertz CT molecular complexity index is 1990. The number of amidine groups is 1. The van der Waals surface area contributed by atoms with Crippen molar-refractivity contribution in [2.75, 3.05) is 4.90 Å². The molecule has 0 radical (unpaired) electrons. The topological polar surface area (TPSA) is 75.2 Å². The number of aryl methyl sites for hydroxylation is 2. The van der Waals surface area contributed by atoms with Gasteiger partial charge in [-0.15, -0.1) is 17.2 Å².